The highest BCUT2D eigenvalue weighted by Gasteiger charge is 2.40. The Kier molecular flexibility index (Phi) is 5.36. The first kappa shape index (κ1) is 20.3. The Morgan fingerprint density at radius 3 is 2.56 bits per heavy atom. The highest BCUT2D eigenvalue weighted by atomic mass is 32.2. The van der Waals surface area contributed by atoms with Gasteiger partial charge in [0.1, 0.15) is 6.34 Å². The van der Waals surface area contributed by atoms with Crippen LogP contribution in [0.3, 0.4) is 0 Å². The number of amides is 1. The van der Waals surface area contributed by atoms with Crippen molar-refractivity contribution in [2.24, 2.45) is 5.10 Å². The number of fused-ring (bicyclic) bond motifs is 1. The third kappa shape index (κ3) is 3.52. The molecule has 1 N–H and O–H groups in total. The molecule has 3 heterocycles. The van der Waals surface area contributed by atoms with Crippen molar-refractivity contribution in [1.29, 1.82) is 0 Å². The first-order valence-electron chi connectivity index (χ1n) is 10.3. The summed E-state index contributed by atoms with van der Waals surface area (Å²) in [5, 5.41) is 20.3. The number of hydrogen-bond donors (Lipinski definition) is 1. The number of rotatable bonds is 6. The van der Waals surface area contributed by atoms with E-state index in [0.717, 1.165) is 34.4 Å². The molecule has 2 aliphatic heterocycles. The van der Waals surface area contributed by atoms with Gasteiger partial charge in [-0.2, -0.15) is 15.3 Å². The predicted molar refractivity (Wildman–Crippen MR) is 123 cm³/mol. The van der Waals surface area contributed by atoms with Crippen molar-refractivity contribution in [3.05, 3.63) is 65.9 Å². The molecule has 1 aromatic heterocycles. The molecule has 2 aliphatic rings. The third-order valence-electron chi connectivity index (χ3n) is 5.60. The van der Waals surface area contributed by atoms with E-state index in [0.29, 0.717) is 12.4 Å². The van der Waals surface area contributed by atoms with Crippen molar-refractivity contribution < 1.29 is 4.79 Å². The Morgan fingerprint density at radius 1 is 1.09 bits per heavy atom. The fourth-order valence-corrected chi connectivity index (χ4v) is 4.56. The summed E-state index contributed by atoms with van der Waals surface area (Å²) in [6.45, 7) is 2.74. The molecule has 0 saturated heterocycles. The lowest BCUT2D eigenvalue weighted by molar-refractivity contribution is -0.135. The van der Waals surface area contributed by atoms with E-state index in [1.165, 1.54) is 5.01 Å². The van der Waals surface area contributed by atoms with Crippen molar-refractivity contribution in [1.82, 2.24) is 34.8 Å². The number of nitrogens with zero attached hydrogens (tertiary/aromatic N) is 7. The zero-order valence-corrected chi connectivity index (χ0v) is 18.5. The SMILES string of the molecule is CCC1=CC(=O)N2N=CN(SC)C2N1Cc1ccc(-c2ccccc2-c2nn[nH]n2)cc1. The van der Waals surface area contributed by atoms with Gasteiger partial charge in [0, 0.05) is 30.1 Å². The second-order valence-corrected chi connectivity index (χ2v) is 8.18. The topological polar surface area (TPSA) is 93.6 Å². The minimum Gasteiger partial charge on any atom is -0.331 e. The van der Waals surface area contributed by atoms with Crippen molar-refractivity contribution >= 4 is 24.2 Å². The van der Waals surface area contributed by atoms with E-state index in [4.69, 9.17) is 0 Å². The largest absolute Gasteiger partial charge is 0.331 e. The van der Waals surface area contributed by atoms with Gasteiger partial charge in [0.25, 0.3) is 5.91 Å². The number of H-pyrrole nitrogens is 1. The van der Waals surface area contributed by atoms with E-state index < -0.39 is 0 Å². The van der Waals surface area contributed by atoms with E-state index >= 15 is 0 Å². The van der Waals surface area contributed by atoms with Crippen LogP contribution in [0.25, 0.3) is 22.5 Å². The fourth-order valence-electron chi connectivity index (χ4n) is 4.04. The number of tetrazole rings is 1. The van der Waals surface area contributed by atoms with Crippen LogP contribution in [-0.4, -0.2) is 59.6 Å². The summed E-state index contributed by atoms with van der Waals surface area (Å²) in [6.07, 6.45) is 5.90. The van der Waals surface area contributed by atoms with Gasteiger partial charge in [-0.25, -0.2) is 0 Å². The standard InChI is InChI=1S/C22H22N8OS/c1-3-17-12-20(31)30-22(29(32-2)14-23-30)28(17)13-15-8-10-16(11-9-15)18-6-4-5-7-19(18)21-24-26-27-25-21/h4-12,14,22H,3,13H2,1-2H3,(H,24,25,26,27). The van der Waals surface area contributed by atoms with Gasteiger partial charge < -0.3 is 4.90 Å². The van der Waals surface area contributed by atoms with E-state index in [-0.39, 0.29) is 12.2 Å². The van der Waals surface area contributed by atoms with Crippen LogP contribution >= 0.6 is 11.9 Å². The molecule has 3 aromatic rings. The molecule has 9 nitrogen and oxygen atoms in total. The maximum absolute atomic E-state index is 12.5. The summed E-state index contributed by atoms with van der Waals surface area (Å²) >= 11 is 1.55. The van der Waals surface area contributed by atoms with E-state index in [2.05, 4.69) is 67.9 Å². The third-order valence-corrected chi connectivity index (χ3v) is 6.31. The molecule has 0 bridgehead atoms. The summed E-state index contributed by atoms with van der Waals surface area (Å²) < 4.78 is 2.00. The molecular weight excluding hydrogens is 424 g/mol. The summed E-state index contributed by atoms with van der Waals surface area (Å²) in [5.41, 5.74) is 5.20. The molecule has 0 aliphatic carbocycles. The van der Waals surface area contributed by atoms with Gasteiger partial charge in [0.05, 0.1) is 0 Å². The lowest BCUT2D eigenvalue weighted by Gasteiger charge is -2.42. The summed E-state index contributed by atoms with van der Waals surface area (Å²) in [7, 11) is 0. The normalized spacial score (nSPS) is 17.7. The van der Waals surface area contributed by atoms with Gasteiger partial charge >= 0.3 is 0 Å². The van der Waals surface area contributed by atoms with Crippen molar-refractivity contribution in [3.8, 4) is 22.5 Å². The van der Waals surface area contributed by atoms with Gasteiger partial charge in [0.2, 0.25) is 12.1 Å². The molecule has 1 amide bonds. The van der Waals surface area contributed by atoms with Crippen molar-refractivity contribution in [2.45, 2.75) is 26.2 Å². The van der Waals surface area contributed by atoms with Crippen LogP contribution in [0.15, 0.2) is 65.4 Å². The minimum absolute atomic E-state index is 0.0793. The van der Waals surface area contributed by atoms with Gasteiger partial charge in [-0.1, -0.05) is 55.5 Å². The molecule has 0 fully saturated rings. The number of nitrogens with one attached hydrogen (secondary N) is 1. The van der Waals surface area contributed by atoms with E-state index in [9.17, 15) is 4.79 Å². The second-order valence-electron chi connectivity index (χ2n) is 7.40. The molecule has 162 valence electrons. The van der Waals surface area contributed by atoms with Crippen molar-refractivity contribution in [2.75, 3.05) is 6.26 Å². The van der Waals surface area contributed by atoms with Gasteiger partial charge in [-0.05, 0) is 40.3 Å². The lowest BCUT2D eigenvalue weighted by atomic mass is 9.98. The van der Waals surface area contributed by atoms with Crippen LogP contribution in [0.4, 0.5) is 0 Å². The zero-order chi connectivity index (χ0) is 22.1. The Morgan fingerprint density at radius 2 is 1.88 bits per heavy atom. The number of aromatic amines is 1. The van der Waals surface area contributed by atoms with Gasteiger partial charge in [-0.15, -0.1) is 10.2 Å². The predicted octanol–water partition coefficient (Wildman–Crippen LogP) is 3.29. The number of carbonyl (C=O) groups is 1. The average Bonchev–Trinajstić information content (AvgIpc) is 3.52. The first-order chi connectivity index (χ1) is 15.7. The molecule has 1 atom stereocenters. The van der Waals surface area contributed by atoms with Crippen LogP contribution in [0.5, 0.6) is 0 Å². The number of hydrazone groups is 1. The number of carbonyl (C=O) groups excluding carboxylic acids is 1. The van der Waals surface area contributed by atoms with E-state index in [1.54, 1.807) is 24.4 Å². The maximum atomic E-state index is 12.5. The molecule has 32 heavy (non-hydrogen) atoms. The quantitative estimate of drug-likeness (QED) is 0.581. The number of hydrogen-bond acceptors (Lipinski definition) is 8. The molecule has 0 spiro atoms. The molecule has 1 unspecified atom stereocenters. The maximum Gasteiger partial charge on any atom is 0.272 e. The molecule has 0 saturated carbocycles. The van der Waals surface area contributed by atoms with E-state index in [1.807, 2.05) is 28.8 Å². The Bertz CT molecular complexity index is 1170. The molecule has 2 aromatic carbocycles. The Labute approximate surface area is 189 Å². The minimum atomic E-state index is -0.254. The highest BCUT2D eigenvalue weighted by molar-refractivity contribution is 7.96. The fraction of sp³-hybridized carbons (Fsp3) is 0.227. The summed E-state index contributed by atoms with van der Waals surface area (Å²) in [5.74, 6) is 0.489. The van der Waals surface area contributed by atoms with Crippen LogP contribution in [-0.2, 0) is 11.3 Å². The molecule has 5 rings (SSSR count). The Balaban J connectivity index is 1.43. The monoisotopic (exact) mass is 446 g/mol. The number of allylic oxidation sites excluding steroid dienone is 1. The average molecular weight is 447 g/mol. The Hall–Kier alpha value is -3.66. The smallest absolute Gasteiger partial charge is 0.272 e. The van der Waals surface area contributed by atoms with Crippen molar-refractivity contribution in [3.63, 3.8) is 0 Å². The lowest BCUT2D eigenvalue weighted by Crippen LogP contribution is -2.54. The van der Waals surface area contributed by atoms with Crippen LogP contribution in [0, 0.1) is 0 Å². The molecular formula is C22H22N8OS. The molecule has 10 heteroatoms. The second kappa shape index (κ2) is 8.46. The van der Waals surface area contributed by atoms with Crippen LogP contribution < -0.4 is 0 Å². The summed E-state index contributed by atoms with van der Waals surface area (Å²) in [4.78, 5) is 14.7. The number of aromatic nitrogens is 4. The van der Waals surface area contributed by atoms with Crippen LogP contribution in [0.1, 0.15) is 18.9 Å². The summed E-state index contributed by atoms with van der Waals surface area (Å²) in [6, 6.07) is 16.5. The zero-order valence-electron chi connectivity index (χ0n) is 17.7. The van der Waals surface area contributed by atoms with Gasteiger partial charge in [-0.3, -0.25) is 9.10 Å². The highest BCUT2D eigenvalue weighted by Crippen LogP contribution is 2.33. The number of benzene rings is 2. The van der Waals surface area contributed by atoms with Crippen LogP contribution in [0.2, 0.25) is 0 Å². The first-order valence-corrected chi connectivity index (χ1v) is 11.5. The molecule has 0 radical (unpaired) electrons. The van der Waals surface area contributed by atoms with Gasteiger partial charge in [0.15, 0.2) is 0 Å².